The quantitative estimate of drug-likeness (QED) is 0.632. The number of hydrogen-bond acceptors (Lipinski definition) is 3. The van der Waals surface area contributed by atoms with Crippen molar-refractivity contribution in [2.75, 3.05) is 12.3 Å². The van der Waals surface area contributed by atoms with Crippen LogP contribution in [0.3, 0.4) is 0 Å². The van der Waals surface area contributed by atoms with Gasteiger partial charge in [0.1, 0.15) is 5.78 Å². The van der Waals surface area contributed by atoms with Gasteiger partial charge < -0.3 is 10.1 Å². The Bertz CT molecular complexity index is 727. The highest BCUT2D eigenvalue weighted by molar-refractivity contribution is 7.98. The second kappa shape index (κ2) is 7.85. The summed E-state index contributed by atoms with van der Waals surface area (Å²) in [4.78, 5) is 25.1. The van der Waals surface area contributed by atoms with Crippen LogP contribution in [0.4, 0.5) is 0 Å². The molecule has 1 aromatic carbocycles. The lowest BCUT2D eigenvalue weighted by Gasteiger charge is -2.61. The maximum atomic E-state index is 13.2. The Hall–Kier alpha value is -1.29. The van der Waals surface area contributed by atoms with Crippen LogP contribution in [-0.4, -0.2) is 24.0 Å². The Morgan fingerprint density at radius 3 is 2.43 bits per heavy atom. The van der Waals surface area contributed by atoms with Gasteiger partial charge in [-0.1, -0.05) is 29.8 Å². The van der Waals surface area contributed by atoms with E-state index in [-0.39, 0.29) is 16.7 Å². The first-order chi connectivity index (χ1) is 13.4. The molecule has 0 spiro atoms. The van der Waals surface area contributed by atoms with Crippen LogP contribution in [0.25, 0.3) is 0 Å². The molecule has 0 heterocycles. The molecule has 4 aliphatic rings. The summed E-state index contributed by atoms with van der Waals surface area (Å²) in [5, 5.41) is 3.26. The average molecular weight is 400 g/mol. The molecule has 0 aliphatic heterocycles. The number of aryl methyl sites for hydroxylation is 1. The van der Waals surface area contributed by atoms with Gasteiger partial charge in [0.25, 0.3) is 0 Å². The van der Waals surface area contributed by atoms with E-state index >= 15 is 0 Å². The van der Waals surface area contributed by atoms with Gasteiger partial charge in [-0.2, -0.15) is 11.8 Å². The first-order valence-electron chi connectivity index (χ1n) is 10.8. The predicted molar refractivity (Wildman–Crippen MR) is 115 cm³/mol. The number of carbonyl (C=O) groups excluding carboxylic acids is 2. The van der Waals surface area contributed by atoms with E-state index in [1.807, 2.05) is 11.8 Å². The zero-order valence-electron chi connectivity index (χ0n) is 17.3. The number of amides is 1. The number of hydrogen-bond donors (Lipinski definition) is 1. The minimum atomic E-state index is -0.193. The van der Waals surface area contributed by atoms with Crippen LogP contribution < -0.4 is 5.32 Å². The van der Waals surface area contributed by atoms with Crippen molar-refractivity contribution in [2.24, 2.45) is 22.7 Å². The molecule has 1 aromatic rings. The Labute approximate surface area is 173 Å². The Kier molecular flexibility index (Phi) is 5.61. The van der Waals surface area contributed by atoms with Gasteiger partial charge in [-0.25, -0.2) is 0 Å². The summed E-state index contributed by atoms with van der Waals surface area (Å²) in [5.74, 6) is 3.81. The molecular weight excluding hydrogens is 366 g/mol. The largest absolute Gasteiger partial charge is 0.355 e. The zero-order chi connectivity index (χ0) is 19.8. The summed E-state index contributed by atoms with van der Waals surface area (Å²) < 4.78 is 0. The number of benzene rings is 1. The monoisotopic (exact) mass is 399 g/mol. The molecule has 152 valence electrons. The molecule has 1 amide bonds. The van der Waals surface area contributed by atoms with E-state index in [9.17, 15) is 9.59 Å². The van der Waals surface area contributed by atoms with Gasteiger partial charge in [0.15, 0.2) is 0 Å². The highest BCUT2D eigenvalue weighted by Crippen LogP contribution is 2.66. The molecule has 0 aromatic heterocycles. The fourth-order valence-electron chi connectivity index (χ4n) is 6.75. The third-order valence-corrected chi connectivity index (χ3v) is 8.24. The summed E-state index contributed by atoms with van der Waals surface area (Å²) in [6.45, 7) is 4.57. The summed E-state index contributed by atoms with van der Waals surface area (Å²) in [6.07, 6.45) is 7.34. The van der Waals surface area contributed by atoms with Gasteiger partial charge >= 0.3 is 0 Å². The van der Waals surface area contributed by atoms with E-state index in [2.05, 4.69) is 36.5 Å². The van der Waals surface area contributed by atoms with E-state index in [0.717, 1.165) is 37.3 Å². The molecule has 28 heavy (non-hydrogen) atoms. The van der Waals surface area contributed by atoms with Crippen molar-refractivity contribution >= 4 is 23.5 Å². The van der Waals surface area contributed by atoms with Crippen LogP contribution in [0.5, 0.6) is 0 Å². The van der Waals surface area contributed by atoms with E-state index < -0.39 is 0 Å². The van der Waals surface area contributed by atoms with Crippen LogP contribution in [-0.2, 0) is 15.3 Å². The molecule has 1 N–H and O–H groups in total. The van der Waals surface area contributed by atoms with Crippen LogP contribution in [0.15, 0.2) is 24.3 Å². The van der Waals surface area contributed by atoms with Gasteiger partial charge in [-0.05, 0) is 75.2 Å². The minimum absolute atomic E-state index is 0.118. The molecule has 2 unspecified atom stereocenters. The van der Waals surface area contributed by atoms with Crippen LogP contribution in [0.1, 0.15) is 63.0 Å². The first-order valence-corrected chi connectivity index (χ1v) is 11.9. The van der Waals surface area contributed by atoms with Crippen molar-refractivity contribution in [1.82, 2.24) is 5.32 Å². The molecule has 0 radical (unpaired) electrons. The molecule has 2 atom stereocenters. The van der Waals surface area contributed by atoms with Crippen molar-refractivity contribution in [2.45, 2.75) is 64.5 Å². The molecule has 0 saturated heterocycles. The lowest BCUT2D eigenvalue weighted by molar-refractivity contribution is -0.160. The van der Waals surface area contributed by atoms with E-state index in [0.29, 0.717) is 24.0 Å². The van der Waals surface area contributed by atoms with E-state index in [1.165, 1.54) is 30.4 Å². The molecule has 5 rings (SSSR count). The van der Waals surface area contributed by atoms with Crippen molar-refractivity contribution in [3.8, 4) is 0 Å². The number of carbonyl (C=O) groups is 2. The summed E-state index contributed by atoms with van der Waals surface area (Å²) in [6, 6.07) is 8.68. The zero-order valence-corrected chi connectivity index (χ0v) is 18.1. The number of thioether (sulfide) groups is 1. The van der Waals surface area contributed by atoms with Gasteiger partial charge in [0, 0.05) is 24.5 Å². The second-order valence-electron chi connectivity index (χ2n) is 9.91. The standard InChI is InChI=1S/C24H33NO2S/c1-17-3-5-19(6-4-17)15-28-8-7-25-22(27)24-13-20-9-21(14-24)12-23(11-20,16-24)10-18(2)26/h3-6,20-21H,7-16H2,1-2H3,(H,25,27). The normalized spacial score (nSPS) is 33.1. The maximum Gasteiger partial charge on any atom is 0.226 e. The fraction of sp³-hybridized carbons (Fsp3) is 0.667. The smallest absolute Gasteiger partial charge is 0.226 e. The predicted octanol–water partition coefficient (Wildman–Crippen LogP) is 4.91. The van der Waals surface area contributed by atoms with E-state index in [4.69, 9.17) is 0 Å². The Morgan fingerprint density at radius 1 is 1.11 bits per heavy atom. The first kappa shape index (κ1) is 20.0. The lowest BCUT2D eigenvalue weighted by atomic mass is 9.43. The van der Waals surface area contributed by atoms with Crippen molar-refractivity contribution in [1.29, 1.82) is 0 Å². The topological polar surface area (TPSA) is 46.2 Å². The SMILES string of the molecule is CC(=O)CC12CC3CC(C1)CC(C(=O)NCCSCc1ccc(C)cc1)(C3)C2. The summed E-state index contributed by atoms with van der Waals surface area (Å²) in [5.41, 5.74) is 2.56. The maximum absolute atomic E-state index is 13.2. The molecule has 4 fully saturated rings. The van der Waals surface area contributed by atoms with Crippen molar-refractivity contribution < 1.29 is 9.59 Å². The van der Waals surface area contributed by atoms with Crippen molar-refractivity contribution in [3.63, 3.8) is 0 Å². The third-order valence-electron chi connectivity index (χ3n) is 7.21. The van der Waals surface area contributed by atoms with Crippen molar-refractivity contribution in [3.05, 3.63) is 35.4 Å². The molecule has 4 aliphatic carbocycles. The Morgan fingerprint density at radius 2 is 1.79 bits per heavy atom. The molecule has 3 nitrogen and oxygen atoms in total. The Balaban J connectivity index is 1.29. The number of ketones is 1. The molecular formula is C24H33NO2S. The number of nitrogens with one attached hydrogen (secondary N) is 1. The van der Waals surface area contributed by atoms with Gasteiger partial charge in [-0.15, -0.1) is 0 Å². The van der Waals surface area contributed by atoms with E-state index in [1.54, 1.807) is 6.92 Å². The summed E-state index contributed by atoms with van der Waals surface area (Å²) >= 11 is 1.88. The molecule has 4 bridgehead atoms. The van der Waals surface area contributed by atoms with Crippen LogP contribution in [0.2, 0.25) is 0 Å². The highest BCUT2D eigenvalue weighted by Gasteiger charge is 2.60. The number of Topliss-reactive ketones (excluding diaryl/α,β-unsaturated/α-hetero) is 1. The average Bonchev–Trinajstić information content (AvgIpc) is 2.60. The van der Waals surface area contributed by atoms with Gasteiger partial charge in [-0.3, -0.25) is 4.79 Å². The lowest BCUT2D eigenvalue weighted by Crippen LogP contribution is -2.58. The van der Waals surface area contributed by atoms with Gasteiger partial charge in [0.2, 0.25) is 5.91 Å². The fourth-order valence-corrected chi connectivity index (χ4v) is 7.57. The van der Waals surface area contributed by atoms with Gasteiger partial charge in [0.05, 0.1) is 5.41 Å². The molecule has 4 saturated carbocycles. The number of rotatable bonds is 8. The highest BCUT2D eigenvalue weighted by atomic mass is 32.2. The minimum Gasteiger partial charge on any atom is -0.355 e. The molecule has 4 heteroatoms. The summed E-state index contributed by atoms with van der Waals surface area (Å²) in [7, 11) is 0. The van der Waals surface area contributed by atoms with Crippen LogP contribution >= 0.6 is 11.8 Å². The van der Waals surface area contributed by atoms with Crippen LogP contribution in [0, 0.1) is 29.6 Å². The second-order valence-corrected chi connectivity index (χ2v) is 11.0. The third kappa shape index (κ3) is 4.17.